The number of aliphatic hydroxyl groups excluding tert-OH is 6. The molecule has 0 aromatic carbocycles. The third-order valence-electron chi connectivity index (χ3n) is 15.9. The highest BCUT2D eigenvalue weighted by Crippen LogP contribution is 2.43. The van der Waals surface area contributed by atoms with Crippen molar-refractivity contribution >= 4 is 11.9 Å². The molecule has 0 spiro atoms. The van der Waals surface area contributed by atoms with Gasteiger partial charge in [0.05, 0.1) is 54.9 Å². The van der Waals surface area contributed by atoms with Crippen LogP contribution >= 0.6 is 0 Å². The highest BCUT2D eigenvalue weighted by atomic mass is 16.7. The Hall–Kier alpha value is -3.04. The summed E-state index contributed by atoms with van der Waals surface area (Å²) in [6, 6.07) is 0. The molecule has 3 fully saturated rings. The molecule has 5 rings (SSSR count). The Kier molecular flexibility index (Phi) is 21.5. The van der Waals surface area contributed by atoms with E-state index in [1.807, 2.05) is 54.5 Å². The molecule has 71 heavy (non-hydrogen) atoms. The van der Waals surface area contributed by atoms with Crippen LogP contribution < -0.4 is 0 Å². The summed E-state index contributed by atoms with van der Waals surface area (Å²) < 4.78 is 49.3. The lowest BCUT2D eigenvalue weighted by Gasteiger charge is -2.50. The second-order valence-corrected chi connectivity index (χ2v) is 21.1. The standard InChI is InChI=1S/C54H86O17/c1-13-37-33(9)64-41(25-42(37)67-46-23-39(55)50(61)35(11)65-46)29(5)48(59)30(6)52-27(3)19-15-17-22-45(58)70-53(28(4)20-16-18-21-44(57)69-52)31(7)49(60)32(8)54(63)26-43(38(14-2)34(10)71-54)68-47-24-40(56)51(62)36(12)66-47/h15-22,25,27-40,42-43,46-53,55-56,59-63H,13-14,23-24,26H2,1-12H3/b19-15-,20-16-,21-18-,22-17-/t27-,28-,29+,30-,31-,32-,33+,34+,35-,36-,37+,38+,39-,40-,42+,43+,46-,47-,48-,49+,50+,51+,52-,53-,54+/m0/s1. The van der Waals surface area contributed by atoms with Crippen molar-refractivity contribution in [2.45, 2.75) is 219 Å². The molecule has 5 heterocycles. The molecule has 404 valence electrons. The Labute approximate surface area is 420 Å². The van der Waals surface area contributed by atoms with Crippen LogP contribution in [0.2, 0.25) is 0 Å². The first-order valence-corrected chi connectivity index (χ1v) is 26.0. The monoisotopic (exact) mass is 1010 g/mol. The van der Waals surface area contributed by atoms with Crippen molar-refractivity contribution in [2.75, 3.05) is 0 Å². The molecule has 0 bridgehead atoms. The number of allylic oxidation sites excluding steroid dienone is 4. The molecule has 0 amide bonds. The molecule has 17 heteroatoms. The number of ether oxygens (including phenoxy) is 8. The highest BCUT2D eigenvalue weighted by molar-refractivity contribution is 5.83. The number of hydrogen-bond acceptors (Lipinski definition) is 17. The average molecular weight is 1010 g/mol. The van der Waals surface area contributed by atoms with Gasteiger partial charge in [-0.25, -0.2) is 9.59 Å². The number of esters is 2. The van der Waals surface area contributed by atoms with E-state index in [1.54, 1.807) is 58.9 Å². The number of carbonyl (C=O) groups is 2. The van der Waals surface area contributed by atoms with Crippen molar-refractivity contribution < 1.29 is 83.2 Å². The molecule has 0 aliphatic carbocycles. The van der Waals surface area contributed by atoms with Gasteiger partial charge in [-0.2, -0.15) is 0 Å². The summed E-state index contributed by atoms with van der Waals surface area (Å²) in [5, 5.41) is 77.4. The normalized spacial score (nSPS) is 44.2. The van der Waals surface area contributed by atoms with Crippen LogP contribution in [0.25, 0.3) is 0 Å². The molecule has 0 aromatic heterocycles. The topological polar surface area (TPSA) is 250 Å². The number of cyclic esters (lactones) is 2. The fraction of sp³-hybridized carbons (Fsp3) is 0.778. The molecule has 0 unspecified atom stereocenters. The molecule has 3 saturated heterocycles. The molecule has 7 N–H and O–H groups in total. The fourth-order valence-electron chi connectivity index (χ4n) is 11.1. The molecular formula is C54H86O17. The molecule has 5 aliphatic rings. The van der Waals surface area contributed by atoms with Gasteiger partial charge in [0.1, 0.15) is 36.3 Å². The van der Waals surface area contributed by atoms with Crippen LogP contribution in [0.15, 0.2) is 60.4 Å². The molecular weight excluding hydrogens is 921 g/mol. The zero-order valence-electron chi connectivity index (χ0n) is 43.8. The summed E-state index contributed by atoms with van der Waals surface area (Å²) in [6.45, 7) is 21.8. The minimum Gasteiger partial charge on any atom is -0.495 e. The van der Waals surface area contributed by atoms with Crippen molar-refractivity contribution in [2.24, 2.45) is 47.3 Å². The quantitative estimate of drug-likeness (QED) is 0.114. The van der Waals surface area contributed by atoms with Gasteiger partial charge in [0, 0.05) is 78.8 Å². The van der Waals surface area contributed by atoms with Crippen molar-refractivity contribution in [3.63, 3.8) is 0 Å². The van der Waals surface area contributed by atoms with Crippen LogP contribution in [0.1, 0.15) is 115 Å². The Morgan fingerprint density at radius 3 is 1.61 bits per heavy atom. The van der Waals surface area contributed by atoms with Crippen LogP contribution in [0.3, 0.4) is 0 Å². The number of aliphatic hydroxyl groups is 7. The third kappa shape index (κ3) is 14.6. The van der Waals surface area contributed by atoms with E-state index in [0.717, 1.165) is 6.42 Å². The Morgan fingerprint density at radius 2 is 1.13 bits per heavy atom. The summed E-state index contributed by atoms with van der Waals surface area (Å²) in [4.78, 5) is 27.0. The molecule has 0 saturated carbocycles. The second kappa shape index (κ2) is 25.9. The van der Waals surface area contributed by atoms with E-state index in [0.29, 0.717) is 12.2 Å². The maximum absolute atomic E-state index is 13.5. The van der Waals surface area contributed by atoms with E-state index in [9.17, 15) is 45.3 Å². The number of rotatable bonds is 14. The largest absolute Gasteiger partial charge is 0.495 e. The van der Waals surface area contributed by atoms with Gasteiger partial charge in [-0.15, -0.1) is 0 Å². The Balaban J connectivity index is 1.28. The van der Waals surface area contributed by atoms with Gasteiger partial charge < -0.3 is 73.6 Å². The van der Waals surface area contributed by atoms with Crippen molar-refractivity contribution in [1.82, 2.24) is 0 Å². The Bertz CT molecular complexity index is 1850. The predicted molar refractivity (Wildman–Crippen MR) is 261 cm³/mol. The van der Waals surface area contributed by atoms with Gasteiger partial charge in [0.25, 0.3) is 0 Å². The molecule has 5 aliphatic heterocycles. The van der Waals surface area contributed by atoms with Crippen molar-refractivity contribution in [3.8, 4) is 0 Å². The zero-order valence-corrected chi connectivity index (χ0v) is 43.8. The van der Waals surface area contributed by atoms with E-state index < -0.39 is 145 Å². The van der Waals surface area contributed by atoms with Crippen molar-refractivity contribution in [3.05, 3.63) is 60.4 Å². The van der Waals surface area contributed by atoms with E-state index in [-0.39, 0.29) is 37.2 Å². The number of carbonyl (C=O) groups excluding carboxylic acids is 2. The van der Waals surface area contributed by atoms with Crippen molar-refractivity contribution in [1.29, 1.82) is 0 Å². The molecule has 0 aromatic rings. The predicted octanol–water partition coefficient (Wildman–Crippen LogP) is 4.92. The summed E-state index contributed by atoms with van der Waals surface area (Å²) in [5.41, 5.74) is 0. The van der Waals surface area contributed by atoms with Gasteiger partial charge in [0.2, 0.25) is 0 Å². The molecule has 25 atom stereocenters. The van der Waals surface area contributed by atoms with Crippen LogP contribution in [-0.4, -0.2) is 152 Å². The third-order valence-corrected chi connectivity index (χ3v) is 15.9. The van der Waals surface area contributed by atoms with Gasteiger partial charge in [-0.3, -0.25) is 0 Å². The van der Waals surface area contributed by atoms with E-state index in [4.69, 9.17) is 37.9 Å². The van der Waals surface area contributed by atoms with Crippen LogP contribution in [0, 0.1) is 47.3 Å². The fourth-order valence-corrected chi connectivity index (χ4v) is 11.1. The summed E-state index contributed by atoms with van der Waals surface area (Å²) in [6.07, 6.45) is 2.92. The lowest BCUT2D eigenvalue weighted by Crippen LogP contribution is -2.59. The van der Waals surface area contributed by atoms with Gasteiger partial charge >= 0.3 is 11.9 Å². The maximum atomic E-state index is 13.5. The summed E-state index contributed by atoms with van der Waals surface area (Å²) in [7, 11) is 0. The minimum absolute atomic E-state index is 0.0166. The lowest BCUT2D eigenvalue weighted by atomic mass is 9.76. The van der Waals surface area contributed by atoms with Crippen LogP contribution in [0.4, 0.5) is 0 Å². The molecule has 17 nitrogen and oxygen atoms in total. The molecule has 0 radical (unpaired) electrons. The van der Waals surface area contributed by atoms with Crippen LogP contribution in [-0.2, 0) is 47.5 Å². The van der Waals surface area contributed by atoms with Gasteiger partial charge in [-0.1, -0.05) is 91.8 Å². The first-order valence-electron chi connectivity index (χ1n) is 26.0. The zero-order chi connectivity index (χ0) is 52.6. The summed E-state index contributed by atoms with van der Waals surface area (Å²) >= 11 is 0. The number of hydrogen-bond donors (Lipinski definition) is 7. The van der Waals surface area contributed by atoms with E-state index >= 15 is 0 Å². The average Bonchev–Trinajstić information content (AvgIpc) is 3.31. The van der Waals surface area contributed by atoms with Gasteiger partial charge in [-0.05, 0) is 46.6 Å². The highest BCUT2D eigenvalue weighted by Gasteiger charge is 2.52. The Morgan fingerprint density at radius 1 is 0.648 bits per heavy atom. The smallest absolute Gasteiger partial charge is 0.331 e. The first kappa shape index (κ1) is 58.8. The summed E-state index contributed by atoms with van der Waals surface area (Å²) in [5.74, 6) is -6.63. The lowest BCUT2D eigenvalue weighted by molar-refractivity contribution is -0.344. The maximum Gasteiger partial charge on any atom is 0.331 e. The first-order chi connectivity index (χ1) is 33.4. The van der Waals surface area contributed by atoms with E-state index in [1.165, 1.54) is 24.3 Å². The van der Waals surface area contributed by atoms with E-state index in [2.05, 4.69) is 0 Å². The SMILES string of the molecule is CC[C@@H]1[C@@H](C)OC([C@@H](C)[C@H](O)[C@H](C)[C@H]2OC(=O)/C=C\C=C/[C@H](C)[C@@H]([C@@H](C)[C@@H](O)[C@H](C)[C@@]3(O)C[C@@H](O[C@H]4C[C@H](O)[C@H](O)[C@H](C)O4)[C@H](CC)[C@@H](C)O3)OC(=O)/C=C\C=C/[C@@H]2C)=C[C@H]1O[C@H]1C[C@H](O)[C@H](O)[C@H](C)O1. The van der Waals surface area contributed by atoms with Crippen LogP contribution in [0.5, 0.6) is 0 Å². The van der Waals surface area contributed by atoms with Gasteiger partial charge in [0.15, 0.2) is 18.4 Å². The second-order valence-electron chi connectivity index (χ2n) is 21.1. The minimum atomic E-state index is -1.87.